The molecule has 0 amide bonds. The first-order valence-electron chi connectivity index (χ1n) is 4.11. The van der Waals surface area contributed by atoms with Crippen LogP contribution >= 0.6 is 15.9 Å². The van der Waals surface area contributed by atoms with Gasteiger partial charge in [0, 0.05) is 12.4 Å². The number of nitrogens with zero attached hydrogens (tertiary/aromatic N) is 2. The number of nitrogens with one attached hydrogen (secondary N) is 1. The molecular formula is C8H10BrN3O. The Bertz CT molecular complexity index is 297. The number of hydrogen-bond donors (Lipinski definition) is 2. The highest BCUT2D eigenvalue weighted by molar-refractivity contribution is 9.10. The van der Waals surface area contributed by atoms with E-state index >= 15 is 0 Å². The zero-order chi connectivity index (χ0) is 9.31. The van der Waals surface area contributed by atoms with Crippen molar-refractivity contribution in [1.29, 1.82) is 0 Å². The molecule has 0 bridgehead atoms. The minimum Gasteiger partial charge on any atom is -0.394 e. The van der Waals surface area contributed by atoms with E-state index in [4.69, 9.17) is 5.11 Å². The molecule has 0 radical (unpaired) electrons. The Kier molecular flexibility index (Phi) is 2.21. The van der Waals surface area contributed by atoms with Crippen molar-refractivity contribution in [3.63, 3.8) is 0 Å². The van der Waals surface area contributed by atoms with Crippen molar-refractivity contribution in [1.82, 2.24) is 9.97 Å². The molecule has 2 N–H and O–H groups in total. The van der Waals surface area contributed by atoms with Crippen LogP contribution in [0, 0.1) is 0 Å². The maximum absolute atomic E-state index is 9.05. The molecule has 1 aromatic heterocycles. The second kappa shape index (κ2) is 3.23. The van der Waals surface area contributed by atoms with Crippen molar-refractivity contribution in [3.8, 4) is 0 Å². The summed E-state index contributed by atoms with van der Waals surface area (Å²) >= 11 is 3.26. The van der Waals surface area contributed by atoms with Gasteiger partial charge in [0.25, 0.3) is 0 Å². The fourth-order valence-corrected chi connectivity index (χ4v) is 1.29. The summed E-state index contributed by atoms with van der Waals surface area (Å²) in [5.41, 5.74) is -0.145. The quantitative estimate of drug-likeness (QED) is 0.838. The summed E-state index contributed by atoms with van der Waals surface area (Å²) < 4.78 is 0.854. The first-order valence-corrected chi connectivity index (χ1v) is 4.90. The Morgan fingerprint density at radius 3 is 2.54 bits per heavy atom. The number of halogens is 1. The van der Waals surface area contributed by atoms with E-state index in [-0.39, 0.29) is 12.1 Å². The molecule has 0 atom stereocenters. The molecule has 5 heteroatoms. The molecule has 13 heavy (non-hydrogen) atoms. The molecule has 1 aliphatic carbocycles. The lowest BCUT2D eigenvalue weighted by atomic mass is 10.3. The molecule has 70 valence electrons. The van der Waals surface area contributed by atoms with E-state index in [1.165, 1.54) is 0 Å². The van der Waals surface area contributed by atoms with E-state index in [1.807, 2.05) is 0 Å². The lowest BCUT2D eigenvalue weighted by Crippen LogP contribution is -2.26. The summed E-state index contributed by atoms with van der Waals surface area (Å²) in [6, 6.07) is 0. The predicted molar refractivity (Wildman–Crippen MR) is 52.4 cm³/mol. The van der Waals surface area contributed by atoms with Gasteiger partial charge in [0.05, 0.1) is 16.6 Å². The number of hydrogen-bond acceptors (Lipinski definition) is 4. The summed E-state index contributed by atoms with van der Waals surface area (Å²) in [5.74, 6) is 0.578. The van der Waals surface area contributed by atoms with E-state index < -0.39 is 0 Å². The Hall–Kier alpha value is -0.680. The van der Waals surface area contributed by atoms with Gasteiger partial charge in [-0.1, -0.05) is 0 Å². The zero-order valence-electron chi connectivity index (χ0n) is 7.00. The van der Waals surface area contributed by atoms with Crippen molar-refractivity contribution >= 4 is 21.9 Å². The predicted octanol–water partition coefficient (Wildman–Crippen LogP) is 1.18. The largest absolute Gasteiger partial charge is 0.394 e. The Labute approximate surface area is 84.5 Å². The summed E-state index contributed by atoms with van der Waals surface area (Å²) in [5, 5.41) is 12.2. The van der Waals surface area contributed by atoms with Gasteiger partial charge >= 0.3 is 0 Å². The fraction of sp³-hybridized carbons (Fsp3) is 0.500. The molecule has 4 nitrogen and oxygen atoms in total. The Balaban J connectivity index is 2.06. The summed E-state index contributed by atoms with van der Waals surface area (Å²) in [6.07, 6.45) is 5.34. The molecule has 1 aromatic rings. The van der Waals surface area contributed by atoms with Crippen molar-refractivity contribution < 1.29 is 5.11 Å². The SMILES string of the molecule is OCC1(Nc2ncc(Br)cn2)CC1. The van der Waals surface area contributed by atoms with Gasteiger partial charge in [-0.15, -0.1) is 0 Å². The van der Waals surface area contributed by atoms with Crippen LogP contribution in [0.3, 0.4) is 0 Å². The maximum atomic E-state index is 9.05. The first kappa shape index (κ1) is 8.90. The highest BCUT2D eigenvalue weighted by atomic mass is 79.9. The van der Waals surface area contributed by atoms with Gasteiger partial charge in [0.2, 0.25) is 5.95 Å². The number of aliphatic hydroxyl groups excluding tert-OH is 1. The first-order chi connectivity index (χ1) is 6.24. The normalized spacial score (nSPS) is 18.3. The molecule has 2 rings (SSSR count). The van der Waals surface area contributed by atoms with Crippen LogP contribution in [0.5, 0.6) is 0 Å². The highest BCUT2D eigenvalue weighted by Gasteiger charge is 2.42. The third kappa shape index (κ3) is 1.97. The molecule has 1 saturated carbocycles. The summed E-state index contributed by atoms with van der Waals surface area (Å²) in [7, 11) is 0. The van der Waals surface area contributed by atoms with Crippen molar-refractivity contribution in [2.45, 2.75) is 18.4 Å². The lowest BCUT2D eigenvalue weighted by Gasteiger charge is -2.13. The van der Waals surface area contributed by atoms with Crippen LogP contribution in [0.15, 0.2) is 16.9 Å². The fourth-order valence-electron chi connectivity index (χ4n) is 1.09. The molecule has 1 fully saturated rings. The standard InChI is InChI=1S/C8H10BrN3O/c9-6-3-10-7(11-4-6)12-8(5-13)1-2-8/h3-4,13H,1-2,5H2,(H,10,11,12). The van der Waals surface area contributed by atoms with E-state index in [2.05, 4.69) is 31.2 Å². The lowest BCUT2D eigenvalue weighted by molar-refractivity contribution is 0.265. The van der Waals surface area contributed by atoms with Crippen molar-refractivity contribution in [2.24, 2.45) is 0 Å². The van der Waals surface area contributed by atoms with Gasteiger partial charge in [-0.3, -0.25) is 0 Å². The average Bonchev–Trinajstić information content (AvgIpc) is 2.90. The minimum atomic E-state index is -0.145. The van der Waals surface area contributed by atoms with Crippen LogP contribution in [-0.4, -0.2) is 27.2 Å². The molecule has 0 unspecified atom stereocenters. The third-order valence-electron chi connectivity index (χ3n) is 2.15. The van der Waals surface area contributed by atoms with E-state index in [9.17, 15) is 0 Å². The van der Waals surface area contributed by atoms with Crippen LogP contribution in [0.4, 0.5) is 5.95 Å². The summed E-state index contributed by atoms with van der Waals surface area (Å²) in [6.45, 7) is 0.145. The number of aliphatic hydroxyl groups is 1. The Morgan fingerprint density at radius 1 is 1.46 bits per heavy atom. The minimum absolute atomic E-state index is 0.145. The van der Waals surface area contributed by atoms with Gasteiger partial charge in [-0.05, 0) is 28.8 Å². The van der Waals surface area contributed by atoms with Crippen LogP contribution in [0.25, 0.3) is 0 Å². The van der Waals surface area contributed by atoms with Crippen molar-refractivity contribution in [2.75, 3.05) is 11.9 Å². The van der Waals surface area contributed by atoms with Gasteiger partial charge in [0.15, 0.2) is 0 Å². The molecular weight excluding hydrogens is 234 g/mol. The van der Waals surface area contributed by atoms with E-state index in [0.29, 0.717) is 5.95 Å². The maximum Gasteiger partial charge on any atom is 0.223 e. The smallest absolute Gasteiger partial charge is 0.223 e. The second-order valence-corrected chi connectivity index (χ2v) is 4.20. The number of aromatic nitrogens is 2. The third-order valence-corrected chi connectivity index (χ3v) is 2.56. The van der Waals surface area contributed by atoms with Crippen molar-refractivity contribution in [3.05, 3.63) is 16.9 Å². The number of rotatable bonds is 3. The molecule has 0 aromatic carbocycles. The second-order valence-electron chi connectivity index (χ2n) is 3.29. The van der Waals surface area contributed by atoms with Gasteiger partial charge in [-0.25, -0.2) is 9.97 Å². The summed E-state index contributed by atoms with van der Waals surface area (Å²) in [4.78, 5) is 8.14. The molecule has 1 heterocycles. The molecule has 0 spiro atoms. The van der Waals surface area contributed by atoms with Crippen LogP contribution < -0.4 is 5.32 Å². The van der Waals surface area contributed by atoms with Crippen LogP contribution in [0.1, 0.15) is 12.8 Å². The zero-order valence-corrected chi connectivity index (χ0v) is 8.58. The topological polar surface area (TPSA) is 58.0 Å². The molecule has 1 aliphatic rings. The highest BCUT2D eigenvalue weighted by Crippen LogP contribution is 2.37. The van der Waals surface area contributed by atoms with Gasteiger partial charge < -0.3 is 10.4 Å². The van der Waals surface area contributed by atoms with E-state index in [1.54, 1.807) is 12.4 Å². The average molecular weight is 244 g/mol. The van der Waals surface area contributed by atoms with E-state index in [0.717, 1.165) is 17.3 Å². The monoisotopic (exact) mass is 243 g/mol. The Morgan fingerprint density at radius 2 is 2.08 bits per heavy atom. The number of anilines is 1. The van der Waals surface area contributed by atoms with Crippen LogP contribution in [0.2, 0.25) is 0 Å². The van der Waals surface area contributed by atoms with Gasteiger partial charge in [0.1, 0.15) is 0 Å². The van der Waals surface area contributed by atoms with Crippen LogP contribution in [-0.2, 0) is 0 Å². The molecule has 0 aliphatic heterocycles. The molecule has 0 saturated heterocycles. The van der Waals surface area contributed by atoms with Gasteiger partial charge in [-0.2, -0.15) is 0 Å².